The lowest BCUT2D eigenvalue weighted by Gasteiger charge is -2.33. The van der Waals surface area contributed by atoms with Crippen LogP contribution in [0.15, 0.2) is 0 Å². The van der Waals surface area contributed by atoms with Crippen LogP contribution in [0.3, 0.4) is 0 Å². The summed E-state index contributed by atoms with van der Waals surface area (Å²) in [4.78, 5) is 16.9. The van der Waals surface area contributed by atoms with Crippen LogP contribution in [0.25, 0.3) is 0 Å². The normalized spacial score (nSPS) is 23.6. The van der Waals surface area contributed by atoms with E-state index in [-0.39, 0.29) is 5.41 Å². The fraction of sp³-hybridized carbons (Fsp3) is 0.929. The molecule has 1 heterocycles. The van der Waals surface area contributed by atoms with Crippen LogP contribution >= 0.6 is 0 Å². The summed E-state index contributed by atoms with van der Waals surface area (Å²) in [7, 11) is 4.15. The third kappa shape index (κ3) is 3.69. The maximum Gasteiger partial charge on any atom is 0.230 e. The largest absolute Gasteiger partial charge is 0.342 e. The van der Waals surface area contributed by atoms with Crippen molar-refractivity contribution in [2.24, 2.45) is 5.41 Å². The number of carbonyl (C=O) groups excluding carboxylic acids is 1. The Morgan fingerprint density at radius 1 is 1.28 bits per heavy atom. The van der Waals surface area contributed by atoms with E-state index in [0.717, 1.165) is 52.0 Å². The van der Waals surface area contributed by atoms with Gasteiger partial charge in [0.2, 0.25) is 5.91 Å². The zero-order valence-corrected chi connectivity index (χ0v) is 12.5. The highest BCUT2D eigenvalue weighted by molar-refractivity contribution is 5.83. The topological polar surface area (TPSA) is 35.6 Å². The Kier molecular flexibility index (Phi) is 6.09. The van der Waals surface area contributed by atoms with Crippen LogP contribution in [0.2, 0.25) is 0 Å². The van der Waals surface area contributed by atoms with Crippen LogP contribution in [0.5, 0.6) is 0 Å². The van der Waals surface area contributed by atoms with Crippen molar-refractivity contribution in [3.8, 4) is 0 Å². The Bertz CT molecular complexity index is 260. The molecule has 1 unspecified atom stereocenters. The summed E-state index contributed by atoms with van der Waals surface area (Å²) in [5.74, 6) is 0.358. The number of amides is 1. The molecule has 4 nitrogen and oxygen atoms in total. The van der Waals surface area contributed by atoms with Gasteiger partial charge in [-0.2, -0.15) is 0 Å². The van der Waals surface area contributed by atoms with Crippen LogP contribution in [0.1, 0.15) is 33.1 Å². The lowest BCUT2D eigenvalue weighted by Crippen LogP contribution is -2.45. The Balaban J connectivity index is 2.55. The summed E-state index contributed by atoms with van der Waals surface area (Å²) < 4.78 is 0. The summed E-state index contributed by atoms with van der Waals surface area (Å²) in [5, 5.41) is 3.34. The van der Waals surface area contributed by atoms with Crippen molar-refractivity contribution in [3.63, 3.8) is 0 Å². The lowest BCUT2D eigenvalue weighted by atomic mass is 9.82. The molecule has 0 aromatic carbocycles. The highest BCUT2D eigenvalue weighted by atomic mass is 16.2. The zero-order valence-electron chi connectivity index (χ0n) is 12.5. The van der Waals surface area contributed by atoms with Crippen molar-refractivity contribution in [1.29, 1.82) is 0 Å². The van der Waals surface area contributed by atoms with Crippen LogP contribution in [0.4, 0.5) is 0 Å². The van der Waals surface area contributed by atoms with Crippen molar-refractivity contribution in [2.45, 2.75) is 33.1 Å². The molecule has 0 aromatic rings. The molecular weight excluding hydrogens is 226 g/mol. The van der Waals surface area contributed by atoms with Crippen LogP contribution in [-0.4, -0.2) is 62.5 Å². The van der Waals surface area contributed by atoms with Gasteiger partial charge in [-0.25, -0.2) is 0 Å². The van der Waals surface area contributed by atoms with E-state index in [4.69, 9.17) is 0 Å². The van der Waals surface area contributed by atoms with Crippen molar-refractivity contribution < 1.29 is 4.79 Å². The van der Waals surface area contributed by atoms with Gasteiger partial charge in [0, 0.05) is 19.6 Å². The third-order valence-electron chi connectivity index (χ3n) is 4.08. The van der Waals surface area contributed by atoms with E-state index >= 15 is 0 Å². The average Bonchev–Trinajstić information content (AvgIpc) is 2.83. The molecule has 0 radical (unpaired) electrons. The predicted octanol–water partition coefficient (Wildman–Crippen LogP) is 1.18. The number of nitrogens with zero attached hydrogens (tertiary/aromatic N) is 2. The summed E-state index contributed by atoms with van der Waals surface area (Å²) in [5.41, 5.74) is -0.131. The van der Waals surface area contributed by atoms with E-state index in [9.17, 15) is 4.79 Å². The number of hydrogen-bond donors (Lipinski definition) is 1. The minimum atomic E-state index is -0.131. The van der Waals surface area contributed by atoms with E-state index in [2.05, 4.69) is 38.2 Å². The molecule has 1 N–H and O–H groups in total. The maximum absolute atomic E-state index is 12.7. The molecule has 1 fully saturated rings. The minimum Gasteiger partial charge on any atom is -0.342 e. The first-order chi connectivity index (χ1) is 8.55. The Hall–Kier alpha value is -0.610. The van der Waals surface area contributed by atoms with E-state index in [1.807, 2.05) is 4.90 Å². The zero-order chi connectivity index (χ0) is 13.6. The van der Waals surface area contributed by atoms with Crippen molar-refractivity contribution in [2.75, 3.05) is 46.8 Å². The molecule has 0 bridgehead atoms. The second kappa shape index (κ2) is 7.10. The van der Waals surface area contributed by atoms with Crippen molar-refractivity contribution in [3.05, 3.63) is 0 Å². The minimum absolute atomic E-state index is 0.131. The number of hydrogen-bond acceptors (Lipinski definition) is 3. The average molecular weight is 255 g/mol. The monoisotopic (exact) mass is 255 g/mol. The molecule has 1 aliphatic heterocycles. The van der Waals surface area contributed by atoms with Crippen LogP contribution in [0, 0.1) is 5.41 Å². The molecule has 0 aromatic heterocycles. The summed E-state index contributed by atoms with van der Waals surface area (Å²) in [6.07, 6.45) is 3.00. The second-order valence-electron chi connectivity index (χ2n) is 5.60. The number of rotatable bonds is 7. The van der Waals surface area contributed by atoms with Gasteiger partial charge in [-0.15, -0.1) is 0 Å². The highest BCUT2D eigenvalue weighted by Crippen LogP contribution is 2.31. The quantitative estimate of drug-likeness (QED) is 0.742. The predicted molar refractivity (Wildman–Crippen MR) is 75.6 cm³/mol. The Morgan fingerprint density at radius 2 is 2.00 bits per heavy atom. The van der Waals surface area contributed by atoms with Gasteiger partial charge in [-0.3, -0.25) is 4.79 Å². The van der Waals surface area contributed by atoms with Gasteiger partial charge in [-0.1, -0.05) is 6.92 Å². The first-order valence-electron chi connectivity index (χ1n) is 7.20. The van der Waals surface area contributed by atoms with Gasteiger partial charge in [0.25, 0.3) is 0 Å². The molecule has 106 valence electrons. The van der Waals surface area contributed by atoms with Gasteiger partial charge in [-0.05, 0) is 53.4 Å². The fourth-order valence-corrected chi connectivity index (χ4v) is 2.70. The maximum atomic E-state index is 12.7. The first-order valence-corrected chi connectivity index (χ1v) is 7.20. The van der Waals surface area contributed by atoms with E-state index in [0.29, 0.717) is 5.91 Å². The first kappa shape index (κ1) is 15.4. The Morgan fingerprint density at radius 3 is 2.44 bits per heavy atom. The van der Waals surface area contributed by atoms with Crippen LogP contribution in [-0.2, 0) is 4.79 Å². The molecule has 1 amide bonds. The summed E-state index contributed by atoms with van der Waals surface area (Å²) in [6, 6.07) is 0. The molecule has 4 heteroatoms. The molecule has 1 saturated heterocycles. The number of carbonyl (C=O) groups is 1. The van der Waals surface area contributed by atoms with Crippen molar-refractivity contribution in [1.82, 2.24) is 15.1 Å². The number of nitrogens with one attached hydrogen (secondary N) is 1. The lowest BCUT2D eigenvalue weighted by molar-refractivity contribution is -0.141. The molecule has 1 rings (SSSR count). The smallest absolute Gasteiger partial charge is 0.230 e. The highest BCUT2D eigenvalue weighted by Gasteiger charge is 2.41. The fourth-order valence-electron chi connectivity index (χ4n) is 2.70. The van der Waals surface area contributed by atoms with E-state index in [1.54, 1.807) is 0 Å². The van der Waals surface area contributed by atoms with Gasteiger partial charge >= 0.3 is 0 Å². The molecular formula is C14H29N3O. The van der Waals surface area contributed by atoms with Gasteiger partial charge < -0.3 is 15.1 Å². The molecule has 1 aliphatic rings. The molecule has 1 atom stereocenters. The van der Waals surface area contributed by atoms with Gasteiger partial charge in [0.15, 0.2) is 0 Å². The van der Waals surface area contributed by atoms with Gasteiger partial charge in [0.1, 0.15) is 0 Å². The Labute approximate surface area is 112 Å². The molecule has 0 aliphatic carbocycles. The third-order valence-corrected chi connectivity index (χ3v) is 4.08. The summed E-state index contributed by atoms with van der Waals surface area (Å²) >= 11 is 0. The van der Waals surface area contributed by atoms with Crippen LogP contribution < -0.4 is 5.32 Å². The summed E-state index contributed by atoms with van der Waals surface area (Å²) in [6.45, 7) is 8.81. The standard InChI is InChI=1S/C14H29N3O/c1-5-14(8-9-15-12-14)13(18)17(6-2)11-7-10-16(3)4/h15H,5-12H2,1-4H3. The van der Waals surface area contributed by atoms with Crippen molar-refractivity contribution >= 4 is 5.91 Å². The molecule has 18 heavy (non-hydrogen) atoms. The van der Waals surface area contributed by atoms with E-state index < -0.39 is 0 Å². The van der Waals surface area contributed by atoms with Gasteiger partial charge in [0.05, 0.1) is 5.41 Å². The molecule has 0 spiro atoms. The molecule has 0 saturated carbocycles. The van der Waals surface area contributed by atoms with E-state index in [1.165, 1.54) is 0 Å². The SMILES string of the molecule is CCN(CCCN(C)C)C(=O)C1(CC)CCNC1. The second-order valence-corrected chi connectivity index (χ2v) is 5.60.